The van der Waals surface area contributed by atoms with Gasteiger partial charge in [-0.15, -0.1) is 24.8 Å². The first kappa shape index (κ1) is 22.5. The number of benzene rings is 1. The summed E-state index contributed by atoms with van der Waals surface area (Å²) in [4.78, 5) is 16.0. The van der Waals surface area contributed by atoms with Crippen LogP contribution in [0, 0.1) is 5.92 Å². The third kappa shape index (κ3) is 6.65. The number of halogens is 3. The number of nitrogens with zero attached hydrogens (tertiary/aromatic N) is 1. The van der Waals surface area contributed by atoms with E-state index >= 15 is 0 Å². The molecule has 8 heteroatoms. The highest BCUT2D eigenvalue weighted by molar-refractivity contribution is 6.32. The number of nitrogens with one attached hydrogen (secondary N) is 2. The van der Waals surface area contributed by atoms with Crippen LogP contribution in [0.3, 0.4) is 0 Å². The van der Waals surface area contributed by atoms with E-state index in [1.54, 1.807) is 42.7 Å². The minimum Gasteiger partial charge on any atom is -0.456 e. The molecule has 1 aromatic carbocycles. The summed E-state index contributed by atoms with van der Waals surface area (Å²) in [5.41, 5.74) is 0.677. The maximum Gasteiger partial charge on any atom is 0.224 e. The number of pyridine rings is 1. The Morgan fingerprint density at radius 2 is 2.04 bits per heavy atom. The van der Waals surface area contributed by atoms with Gasteiger partial charge in [0, 0.05) is 24.5 Å². The Balaban J connectivity index is 0.00000169. The van der Waals surface area contributed by atoms with E-state index in [1.165, 1.54) is 0 Å². The van der Waals surface area contributed by atoms with E-state index in [2.05, 4.69) is 15.6 Å². The lowest BCUT2D eigenvalue weighted by molar-refractivity contribution is -0.116. The summed E-state index contributed by atoms with van der Waals surface area (Å²) in [5, 5.41) is 6.65. The molecule has 1 aliphatic heterocycles. The molecule has 26 heavy (non-hydrogen) atoms. The Labute approximate surface area is 170 Å². The van der Waals surface area contributed by atoms with Crippen molar-refractivity contribution in [3.63, 3.8) is 0 Å². The monoisotopic (exact) mass is 417 g/mol. The van der Waals surface area contributed by atoms with Crippen molar-refractivity contribution >= 4 is 48.0 Å². The van der Waals surface area contributed by atoms with Crippen LogP contribution in [0.1, 0.15) is 19.3 Å². The standard InChI is InChI=1S/C18H20ClN3O2.2ClH/c19-16-11-14(22-18(23)4-1-13-5-8-21-12-13)2-3-17(16)24-15-6-9-20-10-7-15;;/h2-3,6-7,9-11,13,21H,1,4-5,8,12H2,(H,22,23);2*1H. The number of rotatable bonds is 6. The van der Waals surface area contributed by atoms with Gasteiger partial charge >= 0.3 is 0 Å². The molecule has 0 aliphatic carbocycles. The summed E-state index contributed by atoms with van der Waals surface area (Å²) >= 11 is 6.24. The maximum absolute atomic E-state index is 12.0. The van der Waals surface area contributed by atoms with E-state index in [4.69, 9.17) is 16.3 Å². The SMILES string of the molecule is Cl.Cl.O=C(CCC1CCNC1)Nc1ccc(Oc2ccncc2)c(Cl)c1. The molecule has 1 amide bonds. The third-order valence-electron chi connectivity index (χ3n) is 4.04. The van der Waals surface area contributed by atoms with Crippen molar-refractivity contribution in [2.24, 2.45) is 5.92 Å². The van der Waals surface area contributed by atoms with Gasteiger partial charge in [-0.05, 0) is 62.2 Å². The highest BCUT2D eigenvalue weighted by atomic mass is 35.5. The van der Waals surface area contributed by atoms with Crippen molar-refractivity contribution in [1.82, 2.24) is 10.3 Å². The lowest BCUT2D eigenvalue weighted by atomic mass is 10.0. The molecular formula is C18H22Cl3N3O2. The number of carbonyl (C=O) groups is 1. The predicted molar refractivity (Wildman–Crippen MR) is 109 cm³/mol. The van der Waals surface area contributed by atoms with Gasteiger partial charge in [-0.2, -0.15) is 0 Å². The zero-order chi connectivity index (χ0) is 16.8. The van der Waals surface area contributed by atoms with Gasteiger partial charge in [-0.3, -0.25) is 9.78 Å². The van der Waals surface area contributed by atoms with Crippen LogP contribution in [0.5, 0.6) is 11.5 Å². The molecule has 1 atom stereocenters. The van der Waals surface area contributed by atoms with Crippen LogP contribution in [0.25, 0.3) is 0 Å². The zero-order valence-electron chi connectivity index (χ0n) is 14.1. The molecule has 1 aromatic heterocycles. The van der Waals surface area contributed by atoms with Crippen molar-refractivity contribution in [3.8, 4) is 11.5 Å². The summed E-state index contributed by atoms with van der Waals surface area (Å²) in [7, 11) is 0. The van der Waals surface area contributed by atoms with Gasteiger partial charge in [-0.25, -0.2) is 0 Å². The fourth-order valence-electron chi connectivity index (χ4n) is 2.71. The summed E-state index contributed by atoms with van der Waals surface area (Å²) < 4.78 is 5.69. The smallest absolute Gasteiger partial charge is 0.224 e. The van der Waals surface area contributed by atoms with Crippen LogP contribution in [0.15, 0.2) is 42.7 Å². The van der Waals surface area contributed by atoms with E-state index in [0.29, 0.717) is 34.5 Å². The molecule has 5 nitrogen and oxygen atoms in total. The molecule has 2 heterocycles. The quantitative estimate of drug-likeness (QED) is 0.714. The van der Waals surface area contributed by atoms with Crippen LogP contribution in [0.2, 0.25) is 5.02 Å². The Morgan fingerprint density at radius 1 is 1.27 bits per heavy atom. The maximum atomic E-state index is 12.0. The second-order valence-electron chi connectivity index (χ2n) is 5.88. The molecule has 0 bridgehead atoms. The van der Waals surface area contributed by atoms with Gasteiger partial charge in [0.1, 0.15) is 11.5 Å². The average molecular weight is 419 g/mol. The van der Waals surface area contributed by atoms with Crippen molar-refractivity contribution in [2.75, 3.05) is 18.4 Å². The first-order chi connectivity index (χ1) is 11.7. The number of amides is 1. The van der Waals surface area contributed by atoms with Gasteiger partial charge < -0.3 is 15.4 Å². The van der Waals surface area contributed by atoms with Gasteiger partial charge in [0.2, 0.25) is 5.91 Å². The lowest BCUT2D eigenvalue weighted by Gasteiger charge is -2.11. The lowest BCUT2D eigenvalue weighted by Crippen LogP contribution is -2.15. The Morgan fingerprint density at radius 3 is 2.69 bits per heavy atom. The van der Waals surface area contributed by atoms with Gasteiger partial charge in [-0.1, -0.05) is 11.6 Å². The number of hydrogen-bond donors (Lipinski definition) is 2. The van der Waals surface area contributed by atoms with E-state index in [1.807, 2.05) is 0 Å². The summed E-state index contributed by atoms with van der Waals surface area (Å²) in [5.74, 6) is 1.82. The summed E-state index contributed by atoms with van der Waals surface area (Å²) in [6.07, 6.45) is 5.89. The topological polar surface area (TPSA) is 63.2 Å². The molecule has 1 aliphatic rings. The van der Waals surface area contributed by atoms with Crippen molar-refractivity contribution < 1.29 is 9.53 Å². The fourth-order valence-corrected chi connectivity index (χ4v) is 2.93. The Hall–Kier alpha value is -1.53. The minimum absolute atomic E-state index is 0. The second-order valence-corrected chi connectivity index (χ2v) is 6.28. The molecule has 3 rings (SSSR count). The highest BCUT2D eigenvalue weighted by Crippen LogP contribution is 2.31. The van der Waals surface area contributed by atoms with Crippen LogP contribution in [-0.2, 0) is 4.79 Å². The molecule has 0 spiro atoms. The van der Waals surface area contributed by atoms with E-state index in [9.17, 15) is 4.79 Å². The third-order valence-corrected chi connectivity index (χ3v) is 4.33. The van der Waals surface area contributed by atoms with Crippen LogP contribution in [-0.4, -0.2) is 24.0 Å². The summed E-state index contributed by atoms with van der Waals surface area (Å²) in [6, 6.07) is 8.75. The summed E-state index contributed by atoms with van der Waals surface area (Å²) in [6.45, 7) is 2.07. The predicted octanol–water partition coefficient (Wildman–Crippen LogP) is 4.70. The number of anilines is 1. The molecule has 2 aromatic rings. The van der Waals surface area contributed by atoms with E-state index < -0.39 is 0 Å². The number of hydrogen-bond acceptors (Lipinski definition) is 4. The number of carbonyl (C=O) groups excluding carboxylic acids is 1. The molecule has 1 saturated heterocycles. The van der Waals surface area contributed by atoms with E-state index in [0.717, 1.165) is 25.9 Å². The molecular weight excluding hydrogens is 397 g/mol. The van der Waals surface area contributed by atoms with Crippen molar-refractivity contribution in [2.45, 2.75) is 19.3 Å². The van der Waals surface area contributed by atoms with Crippen LogP contribution in [0.4, 0.5) is 5.69 Å². The number of aromatic nitrogens is 1. The van der Waals surface area contributed by atoms with Gasteiger partial charge in [0.15, 0.2) is 0 Å². The van der Waals surface area contributed by atoms with Crippen molar-refractivity contribution in [1.29, 1.82) is 0 Å². The molecule has 0 radical (unpaired) electrons. The highest BCUT2D eigenvalue weighted by Gasteiger charge is 2.16. The first-order valence-corrected chi connectivity index (χ1v) is 8.46. The molecule has 2 N–H and O–H groups in total. The minimum atomic E-state index is 0. The van der Waals surface area contributed by atoms with Crippen LogP contribution >= 0.6 is 36.4 Å². The second kappa shape index (κ2) is 11.2. The Bertz CT molecular complexity index is 695. The van der Waals surface area contributed by atoms with Crippen molar-refractivity contribution in [3.05, 3.63) is 47.7 Å². The van der Waals surface area contributed by atoms with Crippen LogP contribution < -0.4 is 15.4 Å². The molecule has 1 fully saturated rings. The van der Waals surface area contributed by atoms with E-state index in [-0.39, 0.29) is 30.7 Å². The fraction of sp³-hybridized carbons (Fsp3) is 0.333. The zero-order valence-corrected chi connectivity index (χ0v) is 16.5. The van der Waals surface area contributed by atoms with Gasteiger partial charge in [0.25, 0.3) is 0 Å². The number of ether oxygens (including phenoxy) is 1. The van der Waals surface area contributed by atoms with Gasteiger partial charge in [0.05, 0.1) is 5.02 Å². The average Bonchev–Trinajstić information content (AvgIpc) is 3.10. The molecule has 142 valence electrons. The largest absolute Gasteiger partial charge is 0.456 e. The molecule has 1 unspecified atom stereocenters. The molecule has 0 saturated carbocycles. The first-order valence-electron chi connectivity index (χ1n) is 8.09. The normalized spacial score (nSPS) is 15.5. The Kier molecular flexibility index (Phi) is 9.73.